The first-order valence-electron chi connectivity index (χ1n) is 3.05. The van der Waals surface area contributed by atoms with Crippen molar-refractivity contribution in [3.8, 4) is 0 Å². The first kappa shape index (κ1) is 9.86. The Labute approximate surface area is 63.5 Å². The minimum atomic E-state index is -0.981. The van der Waals surface area contributed by atoms with Crippen molar-refractivity contribution in [3.05, 3.63) is 0 Å². The van der Waals surface area contributed by atoms with Crippen molar-refractivity contribution in [1.29, 1.82) is 0 Å². The van der Waals surface area contributed by atoms with Gasteiger partial charge in [0.15, 0.2) is 0 Å². The number of hydrogen-bond donors (Lipinski definition) is 4. The van der Waals surface area contributed by atoms with Gasteiger partial charge in [0, 0.05) is 6.42 Å². The van der Waals surface area contributed by atoms with E-state index in [2.05, 4.69) is 0 Å². The predicted molar refractivity (Wildman–Crippen MR) is 37.2 cm³/mol. The van der Waals surface area contributed by atoms with E-state index in [1.165, 1.54) is 0 Å². The van der Waals surface area contributed by atoms with Gasteiger partial charge in [-0.1, -0.05) is 0 Å². The Morgan fingerprint density at radius 3 is 2.45 bits per heavy atom. The molecule has 0 saturated heterocycles. The number of carbonyl (C=O) groups is 2. The fraction of sp³-hybridized carbons (Fsp3) is 0.600. The van der Waals surface area contributed by atoms with Crippen LogP contribution >= 0.6 is 0 Å². The summed E-state index contributed by atoms with van der Waals surface area (Å²) in [7, 11) is 0. The highest BCUT2D eigenvalue weighted by Gasteiger charge is 2.12. The summed E-state index contributed by atoms with van der Waals surface area (Å²) in [6.07, 6.45) is -0.0348. The lowest BCUT2D eigenvalue weighted by molar-refractivity contribution is -0.137. The number of nitrogens with one attached hydrogen (secondary N) is 1. The van der Waals surface area contributed by atoms with Crippen LogP contribution < -0.4 is 17.0 Å². The monoisotopic (exact) mass is 161 g/mol. The molecule has 6 heteroatoms. The Morgan fingerprint density at radius 1 is 1.55 bits per heavy atom. The molecular weight excluding hydrogens is 150 g/mol. The summed E-state index contributed by atoms with van der Waals surface area (Å²) in [4.78, 5) is 20.6. The molecule has 0 aromatic rings. The molecule has 0 saturated carbocycles. The molecule has 1 amide bonds. The summed E-state index contributed by atoms with van der Waals surface area (Å²) in [6, 6.07) is -0.837. The van der Waals surface area contributed by atoms with Gasteiger partial charge in [-0.2, -0.15) is 0 Å². The summed E-state index contributed by atoms with van der Waals surface area (Å²) < 4.78 is 0. The Hall–Kier alpha value is -1.14. The van der Waals surface area contributed by atoms with E-state index in [0.29, 0.717) is 0 Å². The minimum absolute atomic E-state index is 0.0956. The van der Waals surface area contributed by atoms with Crippen molar-refractivity contribution < 1.29 is 14.7 Å². The topological polar surface area (TPSA) is 118 Å². The van der Waals surface area contributed by atoms with Gasteiger partial charge in [-0.05, 0) is 6.42 Å². The SMILES string of the molecule is NNC(=O)[C@H](N)CCC(=O)O. The fourth-order valence-electron chi connectivity index (χ4n) is 0.517. The van der Waals surface area contributed by atoms with Crippen LogP contribution in [-0.2, 0) is 9.59 Å². The molecule has 6 N–H and O–H groups in total. The van der Waals surface area contributed by atoms with Gasteiger partial charge in [0.05, 0.1) is 6.04 Å². The van der Waals surface area contributed by atoms with Crippen LogP contribution in [0.3, 0.4) is 0 Å². The van der Waals surface area contributed by atoms with Crippen molar-refractivity contribution in [2.75, 3.05) is 0 Å². The van der Waals surface area contributed by atoms with Crippen LogP contribution in [0.15, 0.2) is 0 Å². The molecule has 0 spiro atoms. The molecule has 0 aromatic carbocycles. The van der Waals surface area contributed by atoms with Gasteiger partial charge in [0.25, 0.3) is 5.91 Å². The second kappa shape index (κ2) is 4.64. The molecule has 0 fully saturated rings. The molecule has 0 unspecified atom stereocenters. The average molecular weight is 161 g/mol. The van der Waals surface area contributed by atoms with Crippen LogP contribution in [0.25, 0.3) is 0 Å². The summed E-state index contributed by atoms with van der Waals surface area (Å²) >= 11 is 0. The van der Waals surface area contributed by atoms with Crippen LogP contribution in [0, 0.1) is 0 Å². The van der Waals surface area contributed by atoms with E-state index in [1.54, 1.807) is 0 Å². The first-order valence-corrected chi connectivity index (χ1v) is 3.05. The van der Waals surface area contributed by atoms with Gasteiger partial charge < -0.3 is 10.8 Å². The Bertz CT molecular complexity index is 159. The maximum Gasteiger partial charge on any atom is 0.303 e. The second-order valence-corrected chi connectivity index (χ2v) is 2.05. The highest BCUT2D eigenvalue weighted by molar-refractivity contribution is 5.81. The smallest absolute Gasteiger partial charge is 0.303 e. The Balaban J connectivity index is 3.60. The molecule has 0 radical (unpaired) electrons. The molecule has 0 heterocycles. The van der Waals surface area contributed by atoms with E-state index in [4.69, 9.17) is 16.7 Å². The van der Waals surface area contributed by atoms with Crippen molar-refractivity contribution in [2.24, 2.45) is 11.6 Å². The lowest BCUT2D eigenvalue weighted by atomic mass is 10.1. The van der Waals surface area contributed by atoms with Crippen molar-refractivity contribution >= 4 is 11.9 Å². The van der Waals surface area contributed by atoms with Crippen LogP contribution in [-0.4, -0.2) is 23.0 Å². The highest BCUT2D eigenvalue weighted by Crippen LogP contribution is 1.93. The van der Waals surface area contributed by atoms with Gasteiger partial charge in [0.1, 0.15) is 0 Å². The van der Waals surface area contributed by atoms with E-state index >= 15 is 0 Å². The molecule has 64 valence electrons. The molecular formula is C5H11N3O3. The first-order chi connectivity index (χ1) is 5.07. The molecule has 0 rings (SSSR count). The number of aliphatic carboxylic acids is 1. The highest BCUT2D eigenvalue weighted by atomic mass is 16.4. The molecule has 1 atom stereocenters. The van der Waals surface area contributed by atoms with E-state index in [9.17, 15) is 9.59 Å². The van der Waals surface area contributed by atoms with Crippen molar-refractivity contribution in [3.63, 3.8) is 0 Å². The van der Waals surface area contributed by atoms with E-state index < -0.39 is 17.9 Å². The second-order valence-electron chi connectivity index (χ2n) is 2.05. The number of amides is 1. The zero-order chi connectivity index (χ0) is 8.85. The standard InChI is InChI=1S/C5H11N3O3/c6-3(5(11)8-7)1-2-4(9)10/h3H,1-2,6-7H2,(H,8,11)(H,9,10)/t3-/m1/s1. The van der Waals surface area contributed by atoms with Gasteiger partial charge in [-0.25, -0.2) is 5.84 Å². The van der Waals surface area contributed by atoms with Gasteiger partial charge in [-0.3, -0.25) is 15.0 Å². The van der Waals surface area contributed by atoms with Crippen molar-refractivity contribution in [2.45, 2.75) is 18.9 Å². The third-order valence-electron chi connectivity index (χ3n) is 1.15. The lowest BCUT2D eigenvalue weighted by Crippen LogP contribution is -2.44. The minimum Gasteiger partial charge on any atom is -0.481 e. The van der Waals surface area contributed by atoms with Crippen LogP contribution in [0.5, 0.6) is 0 Å². The quantitative estimate of drug-likeness (QED) is 0.220. The average Bonchev–Trinajstić information content (AvgIpc) is 1.98. The molecule has 11 heavy (non-hydrogen) atoms. The zero-order valence-electron chi connectivity index (χ0n) is 5.91. The maximum atomic E-state index is 10.6. The summed E-state index contributed by atoms with van der Waals surface area (Å²) in [5, 5.41) is 8.20. The summed E-state index contributed by atoms with van der Waals surface area (Å²) in [5.41, 5.74) is 7.05. The van der Waals surface area contributed by atoms with Gasteiger partial charge in [-0.15, -0.1) is 0 Å². The summed E-state index contributed by atoms with van der Waals surface area (Å²) in [5.74, 6) is 3.22. The predicted octanol–water partition coefficient (Wildman–Crippen LogP) is -1.83. The van der Waals surface area contributed by atoms with Gasteiger partial charge in [0.2, 0.25) is 0 Å². The normalized spacial score (nSPS) is 12.2. The number of hydrazine groups is 1. The Kier molecular flexibility index (Phi) is 4.16. The van der Waals surface area contributed by atoms with Crippen LogP contribution in [0.4, 0.5) is 0 Å². The van der Waals surface area contributed by atoms with E-state index in [-0.39, 0.29) is 12.8 Å². The van der Waals surface area contributed by atoms with E-state index in [1.807, 2.05) is 5.43 Å². The number of carboxylic acids is 1. The van der Waals surface area contributed by atoms with Crippen LogP contribution in [0.1, 0.15) is 12.8 Å². The molecule has 6 nitrogen and oxygen atoms in total. The van der Waals surface area contributed by atoms with Gasteiger partial charge >= 0.3 is 5.97 Å². The van der Waals surface area contributed by atoms with Crippen molar-refractivity contribution in [1.82, 2.24) is 5.43 Å². The molecule has 0 aliphatic rings. The lowest BCUT2D eigenvalue weighted by Gasteiger charge is -2.06. The largest absolute Gasteiger partial charge is 0.481 e. The zero-order valence-corrected chi connectivity index (χ0v) is 5.91. The fourth-order valence-corrected chi connectivity index (χ4v) is 0.517. The summed E-state index contributed by atoms with van der Waals surface area (Å²) in [6.45, 7) is 0. The molecule has 0 aliphatic heterocycles. The van der Waals surface area contributed by atoms with E-state index in [0.717, 1.165) is 0 Å². The Morgan fingerprint density at radius 2 is 2.09 bits per heavy atom. The number of carboxylic acid groups (broad SMARTS) is 1. The molecule has 0 bridgehead atoms. The number of carbonyl (C=O) groups excluding carboxylic acids is 1. The number of nitrogens with two attached hydrogens (primary N) is 2. The maximum absolute atomic E-state index is 10.6. The molecule has 0 aliphatic carbocycles. The third-order valence-corrected chi connectivity index (χ3v) is 1.15. The number of rotatable bonds is 4. The van der Waals surface area contributed by atoms with Crippen LogP contribution in [0.2, 0.25) is 0 Å². The molecule has 0 aromatic heterocycles. The number of hydrogen-bond acceptors (Lipinski definition) is 4. The third kappa shape index (κ3) is 4.29.